The van der Waals surface area contributed by atoms with Crippen molar-refractivity contribution in [2.24, 2.45) is 0 Å². The van der Waals surface area contributed by atoms with Gasteiger partial charge in [-0.3, -0.25) is 9.69 Å². The number of nitrogens with one attached hydrogen (secondary N) is 2. The fraction of sp³-hybridized carbons (Fsp3) is 0.372. The third-order valence-corrected chi connectivity index (χ3v) is 10.0. The van der Waals surface area contributed by atoms with Crippen LogP contribution in [0.15, 0.2) is 90.5 Å². The molecule has 1 fully saturated rings. The third-order valence-electron chi connectivity index (χ3n) is 10.0. The highest BCUT2D eigenvalue weighted by Gasteiger charge is 2.25. The van der Waals surface area contributed by atoms with Gasteiger partial charge in [0.1, 0.15) is 12.4 Å². The van der Waals surface area contributed by atoms with Crippen LogP contribution < -0.4 is 24.8 Å². The smallest absolute Gasteiger partial charge is 0.251 e. The topological polar surface area (TPSA) is 90.5 Å². The van der Waals surface area contributed by atoms with Crippen molar-refractivity contribution in [3.63, 3.8) is 0 Å². The molecule has 1 saturated heterocycles. The molecule has 1 atom stereocenters. The first-order valence-corrected chi connectivity index (χ1v) is 18.5. The summed E-state index contributed by atoms with van der Waals surface area (Å²) in [6, 6.07) is 29.0. The van der Waals surface area contributed by atoms with E-state index in [1.807, 2.05) is 48.5 Å². The highest BCUT2D eigenvalue weighted by Crippen LogP contribution is 2.40. The highest BCUT2D eigenvalue weighted by molar-refractivity contribution is 6.07. The molecule has 52 heavy (non-hydrogen) atoms. The van der Waals surface area contributed by atoms with Gasteiger partial charge in [0.15, 0.2) is 11.5 Å². The van der Waals surface area contributed by atoms with E-state index in [1.54, 1.807) is 0 Å². The van der Waals surface area contributed by atoms with Gasteiger partial charge < -0.3 is 34.3 Å². The second-order valence-electron chi connectivity index (χ2n) is 13.7. The van der Waals surface area contributed by atoms with Gasteiger partial charge >= 0.3 is 0 Å². The van der Waals surface area contributed by atoms with Gasteiger partial charge in [0.05, 0.1) is 12.6 Å². The minimum Gasteiger partial charge on any atom is -0.491 e. The molecule has 4 aromatic carbocycles. The summed E-state index contributed by atoms with van der Waals surface area (Å²) >= 11 is 0. The number of hydrogen-bond donors (Lipinski definition) is 2. The number of ether oxygens (including phenoxy) is 5. The summed E-state index contributed by atoms with van der Waals surface area (Å²) in [7, 11) is 2.18. The summed E-state index contributed by atoms with van der Waals surface area (Å²) < 4.78 is 28.3. The molecular weight excluding hydrogens is 654 g/mol. The Morgan fingerprint density at radius 3 is 2.48 bits per heavy atom. The molecule has 3 aliphatic heterocycles. The Labute approximate surface area is 306 Å². The van der Waals surface area contributed by atoms with Gasteiger partial charge in [-0.2, -0.15) is 0 Å². The number of carbonyl (C=O) groups excluding carboxylic acids is 1. The van der Waals surface area contributed by atoms with E-state index in [0.717, 1.165) is 97.2 Å². The van der Waals surface area contributed by atoms with Crippen molar-refractivity contribution >= 4 is 23.4 Å². The Morgan fingerprint density at radius 1 is 0.885 bits per heavy atom. The van der Waals surface area contributed by atoms with E-state index in [-0.39, 0.29) is 18.7 Å². The van der Waals surface area contributed by atoms with Crippen molar-refractivity contribution in [2.45, 2.75) is 57.7 Å². The second kappa shape index (κ2) is 17.1. The van der Waals surface area contributed by atoms with Crippen LogP contribution in [0.25, 0.3) is 17.2 Å². The fourth-order valence-corrected chi connectivity index (χ4v) is 6.95. The van der Waals surface area contributed by atoms with E-state index in [0.29, 0.717) is 37.0 Å². The highest BCUT2D eigenvalue weighted by atomic mass is 16.7. The Kier molecular flexibility index (Phi) is 11.7. The minimum atomic E-state index is -0.163. The zero-order valence-electron chi connectivity index (χ0n) is 30.2. The van der Waals surface area contributed by atoms with Crippen molar-refractivity contribution in [1.29, 1.82) is 0 Å². The number of unbranched alkanes of at least 4 members (excludes halogenated alkanes) is 1. The minimum absolute atomic E-state index is 0.127. The molecule has 7 rings (SSSR count). The van der Waals surface area contributed by atoms with E-state index < -0.39 is 0 Å². The standard InChI is InChI=1S/C43H49N3O6/c1-3-4-19-48-22-23-50-38-13-7-31(8-14-38)32-9-15-39-34(24-32)25-35(26-40(45-39)33-10-16-41-42(27-33)52-29-51-41)43(47)44-36-11-5-30(6-12-36)28-46(2)37-17-20-49-21-18-37/h5-16,24-25,27,37,40,45H,3-4,17-23,26,28-29H2,1-2H3,(H,44,47). The molecule has 3 heterocycles. The average Bonchev–Trinajstić information content (AvgIpc) is 3.57. The molecule has 0 aromatic heterocycles. The normalized spacial score (nSPS) is 16.8. The molecule has 0 bridgehead atoms. The van der Waals surface area contributed by atoms with E-state index >= 15 is 0 Å². The van der Waals surface area contributed by atoms with Crippen LogP contribution in [0, 0.1) is 0 Å². The number of amides is 1. The number of hydrogen-bond acceptors (Lipinski definition) is 8. The van der Waals surface area contributed by atoms with E-state index in [9.17, 15) is 4.79 Å². The van der Waals surface area contributed by atoms with Gasteiger partial charge in [0.2, 0.25) is 6.79 Å². The van der Waals surface area contributed by atoms with Gasteiger partial charge in [-0.25, -0.2) is 0 Å². The number of carbonyl (C=O) groups is 1. The molecule has 272 valence electrons. The van der Waals surface area contributed by atoms with Gasteiger partial charge in [0.25, 0.3) is 5.91 Å². The zero-order chi connectivity index (χ0) is 35.7. The zero-order valence-corrected chi connectivity index (χ0v) is 30.2. The molecule has 2 N–H and O–H groups in total. The summed E-state index contributed by atoms with van der Waals surface area (Å²) in [5, 5.41) is 6.90. The largest absolute Gasteiger partial charge is 0.491 e. The van der Waals surface area contributed by atoms with Gasteiger partial charge in [-0.15, -0.1) is 0 Å². The number of rotatable bonds is 14. The van der Waals surface area contributed by atoms with Crippen LogP contribution in [-0.4, -0.2) is 63.7 Å². The lowest BCUT2D eigenvalue weighted by molar-refractivity contribution is -0.112. The van der Waals surface area contributed by atoms with Gasteiger partial charge in [-0.05, 0) is 109 Å². The molecule has 9 heteroatoms. The van der Waals surface area contributed by atoms with Crippen molar-refractivity contribution in [2.75, 3.05) is 57.5 Å². The molecule has 3 aliphatic rings. The quantitative estimate of drug-likeness (QED) is 0.127. The fourth-order valence-electron chi connectivity index (χ4n) is 6.95. The van der Waals surface area contributed by atoms with Crippen molar-refractivity contribution in [3.8, 4) is 28.4 Å². The summed E-state index contributed by atoms with van der Waals surface area (Å²) in [4.78, 5) is 16.4. The molecule has 4 aromatic rings. The van der Waals surface area contributed by atoms with Crippen LogP contribution in [0.4, 0.5) is 11.4 Å². The second-order valence-corrected chi connectivity index (χ2v) is 13.7. The molecule has 0 radical (unpaired) electrons. The predicted octanol–water partition coefficient (Wildman–Crippen LogP) is 8.47. The Balaban J connectivity index is 1.08. The van der Waals surface area contributed by atoms with Gasteiger partial charge in [-0.1, -0.05) is 49.7 Å². The summed E-state index contributed by atoms with van der Waals surface area (Å²) in [6.07, 6.45) is 6.80. The molecular formula is C43H49N3O6. The van der Waals surface area contributed by atoms with E-state index in [4.69, 9.17) is 23.7 Å². The molecule has 0 saturated carbocycles. The third kappa shape index (κ3) is 8.96. The number of anilines is 2. The Morgan fingerprint density at radius 2 is 1.67 bits per heavy atom. The maximum atomic E-state index is 14.0. The number of fused-ring (bicyclic) bond motifs is 2. The maximum Gasteiger partial charge on any atom is 0.251 e. The molecule has 0 aliphatic carbocycles. The van der Waals surface area contributed by atoms with Crippen molar-refractivity contribution in [3.05, 3.63) is 107 Å². The van der Waals surface area contributed by atoms with Crippen LogP contribution in [0.2, 0.25) is 0 Å². The Bertz CT molecular complexity index is 1840. The van der Waals surface area contributed by atoms with Crippen molar-refractivity contribution < 1.29 is 28.5 Å². The summed E-state index contributed by atoms with van der Waals surface area (Å²) in [5.41, 5.74) is 7.69. The van der Waals surface area contributed by atoms with E-state index in [2.05, 4.69) is 72.0 Å². The van der Waals surface area contributed by atoms with Crippen LogP contribution >= 0.6 is 0 Å². The predicted molar refractivity (Wildman–Crippen MR) is 205 cm³/mol. The molecule has 9 nitrogen and oxygen atoms in total. The number of benzene rings is 4. The first kappa shape index (κ1) is 35.6. The van der Waals surface area contributed by atoms with Crippen LogP contribution in [-0.2, 0) is 20.8 Å². The van der Waals surface area contributed by atoms with Gasteiger partial charge in [0, 0.05) is 55.8 Å². The molecule has 0 spiro atoms. The van der Waals surface area contributed by atoms with E-state index in [1.165, 1.54) is 5.56 Å². The Hall–Kier alpha value is -4.83. The maximum absolute atomic E-state index is 14.0. The van der Waals surface area contributed by atoms with Crippen LogP contribution in [0.3, 0.4) is 0 Å². The monoisotopic (exact) mass is 703 g/mol. The molecule has 1 amide bonds. The lowest BCUT2D eigenvalue weighted by Crippen LogP contribution is -2.36. The average molecular weight is 704 g/mol. The summed E-state index contributed by atoms with van der Waals surface area (Å²) in [5.74, 6) is 2.13. The first-order valence-electron chi connectivity index (χ1n) is 18.5. The van der Waals surface area contributed by atoms with Crippen LogP contribution in [0.1, 0.15) is 61.8 Å². The van der Waals surface area contributed by atoms with Crippen molar-refractivity contribution in [1.82, 2.24) is 4.90 Å². The molecule has 1 unspecified atom stereocenters. The lowest BCUT2D eigenvalue weighted by atomic mass is 9.97. The SMILES string of the molecule is CCCCOCCOc1ccc(-c2ccc3c(c2)C=C(C(=O)Nc2ccc(CN(C)C4CCOCC4)cc2)CC(c2ccc4c(c2)OCO4)N3)cc1. The van der Waals surface area contributed by atoms with Crippen LogP contribution in [0.5, 0.6) is 17.2 Å². The number of nitrogens with zero attached hydrogens (tertiary/aromatic N) is 1. The first-order chi connectivity index (χ1) is 25.5. The summed E-state index contributed by atoms with van der Waals surface area (Å²) in [6.45, 7) is 6.73. The lowest BCUT2D eigenvalue weighted by Gasteiger charge is -2.31.